The number of imide groups is 1. The van der Waals surface area contributed by atoms with Crippen molar-refractivity contribution in [3.8, 4) is 17.6 Å². The van der Waals surface area contributed by atoms with E-state index < -0.39 is 23.1 Å². The molecule has 0 atom stereocenters. The zero-order valence-corrected chi connectivity index (χ0v) is 20.4. The van der Waals surface area contributed by atoms with E-state index in [4.69, 9.17) is 4.74 Å². The molecule has 3 N–H and O–H groups in total. The van der Waals surface area contributed by atoms with Crippen LogP contribution in [-0.2, 0) is 19.7 Å². The summed E-state index contributed by atoms with van der Waals surface area (Å²) in [4.78, 5) is 36.1. The lowest BCUT2D eigenvalue weighted by atomic mass is 9.80. The van der Waals surface area contributed by atoms with Gasteiger partial charge >= 0.3 is 6.09 Å². The Bertz CT molecular complexity index is 1280. The van der Waals surface area contributed by atoms with Crippen LogP contribution in [0.3, 0.4) is 0 Å². The molecule has 10 heteroatoms. The summed E-state index contributed by atoms with van der Waals surface area (Å²) in [6.07, 6.45) is 2.80. The van der Waals surface area contributed by atoms with Gasteiger partial charge in [0.2, 0.25) is 11.6 Å². The molecule has 3 amide bonds. The van der Waals surface area contributed by atoms with Crippen LogP contribution in [0.4, 0.5) is 16.2 Å². The Hall–Kier alpha value is -4.39. The number of amides is 3. The fourth-order valence-electron chi connectivity index (χ4n) is 4.79. The lowest BCUT2D eigenvalue weighted by Crippen LogP contribution is -2.36. The van der Waals surface area contributed by atoms with Crippen LogP contribution in [0.1, 0.15) is 49.3 Å². The highest BCUT2D eigenvalue weighted by atomic mass is 16.5. The molecule has 2 aromatic rings. The van der Waals surface area contributed by atoms with Crippen LogP contribution < -0.4 is 20.8 Å². The van der Waals surface area contributed by atoms with Gasteiger partial charge in [-0.2, -0.15) is 10.4 Å². The Morgan fingerprint density at radius 2 is 1.86 bits per heavy atom. The summed E-state index contributed by atoms with van der Waals surface area (Å²) in [5, 5.41) is 18.0. The number of carbonyl (C=O) groups is 3. The van der Waals surface area contributed by atoms with E-state index in [2.05, 4.69) is 20.6 Å². The number of carbonyl (C=O) groups excluding carboxylic acids is 3. The van der Waals surface area contributed by atoms with Crippen LogP contribution in [0.15, 0.2) is 35.4 Å². The molecular formula is C26H27N5O5. The van der Waals surface area contributed by atoms with Crippen LogP contribution >= 0.6 is 0 Å². The molecule has 0 unspecified atom stereocenters. The second-order valence-electron chi connectivity index (χ2n) is 8.85. The summed E-state index contributed by atoms with van der Waals surface area (Å²) in [7, 11) is 0. The predicted molar refractivity (Wildman–Crippen MR) is 133 cm³/mol. The maximum atomic E-state index is 12.7. The maximum Gasteiger partial charge on any atom is 0.414 e. The van der Waals surface area contributed by atoms with E-state index in [9.17, 15) is 19.6 Å². The largest absolute Gasteiger partial charge is 0.457 e. The summed E-state index contributed by atoms with van der Waals surface area (Å²) in [6, 6.07) is 10.9. The zero-order valence-electron chi connectivity index (χ0n) is 20.4. The van der Waals surface area contributed by atoms with Crippen LogP contribution in [0.2, 0.25) is 0 Å². The highest BCUT2D eigenvalue weighted by Gasteiger charge is 2.48. The fourth-order valence-corrected chi connectivity index (χ4v) is 4.79. The summed E-state index contributed by atoms with van der Waals surface area (Å²) >= 11 is 0. The molecule has 1 aliphatic heterocycles. The minimum absolute atomic E-state index is 0.0724. The fraction of sp³-hybridized carbons (Fsp3) is 0.346. The number of hydrogen-bond donors (Lipinski definition) is 3. The van der Waals surface area contributed by atoms with Gasteiger partial charge in [0.05, 0.1) is 17.7 Å². The van der Waals surface area contributed by atoms with Crippen molar-refractivity contribution in [2.75, 3.05) is 17.3 Å². The first kappa shape index (κ1) is 24.7. The highest BCUT2D eigenvalue weighted by molar-refractivity contribution is 6.46. The third-order valence-corrected chi connectivity index (χ3v) is 6.44. The van der Waals surface area contributed by atoms with Crippen molar-refractivity contribution in [1.29, 1.82) is 5.26 Å². The molecule has 1 fully saturated rings. The van der Waals surface area contributed by atoms with Gasteiger partial charge < -0.3 is 14.8 Å². The average Bonchev–Trinajstić information content (AvgIpc) is 3.43. The minimum Gasteiger partial charge on any atom is -0.457 e. The van der Waals surface area contributed by atoms with Gasteiger partial charge in [-0.1, -0.05) is 12.8 Å². The van der Waals surface area contributed by atoms with E-state index >= 15 is 0 Å². The standard InChI is InChI=1S/C26H27N5O5/c1-4-35-25(34)29-23(32)21(14-27)31-30-17-11-15(2)22(16(3)12-17)36-18-7-8-20-19(13-18)26(24(33)28-20)9-5-6-10-26/h7-8,11-13,30H,4-6,9-10H2,1-3H3,(H,28,33)(H,29,32,34). The summed E-state index contributed by atoms with van der Waals surface area (Å²) in [5.41, 5.74) is 5.67. The molecule has 2 aromatic carbocycles. The van der Waals surface area contributed by atoms with Gasteiger partial charge in [0, 0.05) is 5.69 Å². The molecule has 2 aliphatic rings. The second-order valence-corrected chi connectivity index (χ2v) is 8.85. The Kier molecular flexibility index (Phi) is 6.92. The van der Waals surface area contributed by atoms with Gasteiger partial charge in [-0.15, -0.1) is 0 Å². The van der Waals surface area contributed by atoms with Gasteiger partial charge in [0.1, 0.15) is 17.6 Å². The molecule has 1 heterocycles. The van der Waals surface area contributed by atoms with E-state index in [0.717, 1.165) is 48.1 Å². The number of nitrogens with zero attached hydrogens (tertiary/aromatic N) is 2. The lowest BCUT2D eigenvalue weighted by Gasteiger charge is -2.21. The number of ether oxygens (including phenoxy) is 2. The van der Waals surface area contributed by atoms with Gasteiger partial charge in [-0.05, 0) is 80.6 Å². The first-order valence-electron chi connectivity index (χ1n) is 11.7. The summed E-state index contributed by atoms with van der Waals surface area (Å²) in [6.45, 7) is 5.42. The number of nitrogens with one attached hydrogen (secondary N) is 3. The van der Waals surface area contributed by atoms with E-state index in [-0.39, 0.29) is 12.5 Å². The molecule has 1 spiro atoms. The van der Waals surface area contributed by atoms with Crippen molar-refractivity contribution >= 4 is 35.0 Å². The topological polar surface area (TPSA) is 142 Å². The molecule has 4 rings (SSSR count). The number of hydrazone groups is 1. The molecule has 0 bridgehead atoms. The van der Waals surface area contributed by atoms with Crippen molar-refractivity contribution in [1.82, 2.24) is 5.32 Å². The quantitative estimate of drug-likeness (QED) is 0.403. The molecule has 0 radical (unpaired) electrons. The Morgan fingerprint density at radius 1 is 1.17 bits per heavy atom. The third-order valence-electron chi connectivity index (χ3n) is 6.44. The summed E-state index contributed by atoms with van der Waals surface area (Å²) in [5.74, 6) is 0.399. The minimum atomic E-state index is -0.971. The smallest absolute Gasteiger partial charge is 0.414 e. The third kappa shape index (κ3) is 4.73. The van der Waals surface area contributed by atoms with E-state index in [1.807, 2.05) is 37.4 Å². The SMILES string of the molecule is CCOC(=O)NC(=O)C(C#N)=NNc1cc(C)c(Oc2ccc3c(c2)C2(CCCC2)C(=O)N3)c(C)c1. The van der Waals surface area contributed by atoms with Gasteiger partial charge in [-0.3, -0.25) is 20.3 Å². The summed E-state index contributed by atoms with van der Waals surface area (Å²) < 4.78 is 10.9. The van der Waals surface area contributed by atoms with E-state index in [0.29, 0.717) is 17.2 Å². The molecule has 10 nitrogen and oxygen atoms in total. The first-order valence-corrected chi connectivity index (χ1v) is 11.7. The van der Waals surface area contributed by atoms with Crippen LogP contribution in [0.25, 0.3) is 0 Å². The number of fused-ring (bicyclic) bond motifs is 2. The molecule has 1 saturated carbocycles. The number of rotatable bonds is 6. The van der Waals surface area contributed by atoms with Crippen molar-refractivity contribution in [3.05, 3.63) is 47.0 Å². The van der Waals surface area contributed by atoms with Gasteiger partial charge in [0.25, 0.3) is 5.91 Å². The average molecular weight is 490 g/mol. The maximum absolute atomic E-state index is 12.7. The van der Waals surface area contributed by atoms with E-state index in [1.54, 1.807) is 25.1 Å². The van der Waals surface area contributed by atoms with Crippen molar-refractivity contribution < 1.29 is 23.9 Å². The van der Waals surface area contributed by atoms with Gasteiger partial charge in [0.15, 0.2) is 0 Å². The molecule has 0 saturated heterocycles. The van der Waals surface area contributed by atoms with Crippen molar-refractivity contribution in [2.45, 2.75) is 51.9 Å². The normalized spacial score (nSPS) is 15.6. The Balaban J connectivity index is 1.51. The monoisotopic (exact) mass is 489 g/mol. The molecule has 186 valence electrons. The number of benzene rings is 2. The predicted octanol–water partition coefficient (Wildman–Crippen LogP) is 4.42. The van der Waals surface area contributed by atoms with Gasteiger partial charge in [-0.25, -0.2) is 4.79 Å². The number of hydrogen-bond acceptors (Lipinski definition) is 8. The Morgan fingerprint density at radius 3 is 2.50 bits per heavy atom. The first-order chi connectivity index (χ1) is 17.3. The van der Waals surface area contributed by atoms with Crippen LogP contribution in [-0.4, -0.2) is 30.2 Å². The van der Waals surface area contributed by atoms with E-state index in [1.165, 1.54) is 0 Å². The molecular weight excluding hydrogens is 462 g/mol. The lowest BCUT2D eigenvalue weighted by molar-refractivity contribution is -0.120. The number of nitriles is 1. The molecule has 0 aromatic heterocycles. The number of alkyl carbamates (subject to hydrolysis) is 1. The molecule has 36 heavy (non-hydrogen) atoms. The van der Waals surface area contributed by atoms with Crippen LogP contribution in [0, 0.1) is 25.2 Å². The number of aryl methyl sites for hydroxylation is 2. The van der Waals surface area contributed by atoms with Crippen molar-refractivity contribution in [3.63, 3.8) is 0 Å². The van der Waals surface area contributed by atoms with Crippen LogP contribution in [0.5, 0.6) is 11.5 Å². The molecule has 1 aliphatic carbocycles. The zero-order chi connectivity index (χ0) is 25.9. The van der Waals surface area contributed by atoms with Crippen molar-refractivity contribution in [2.24, 2.45) is 5.10 Å². The second kappa shape index (κ2) is 10.1. The highest BCUT2D eigenvalue weighted by Crippen LogP contribution is 2.50. The Labute approximate surface area is 208 Å². The number of anilines is 2.